The summed E-state index contributed by atoms with van der Waals surface area (Å²) in [5, 5.41) is 2.69. The lowest BCUT2D eigenvalue weighted by atomic mass is 9.86. The van der Waals surface area contributed by atoms with Crippen molar-refractivity contribution in [3.8, 4) is 0 Å². The van der Waals surface area contributed by atoms with Gasteiger partial charge in [-0.05, 0) is 36.6 Å². The average molecular weight is 444 g/mol. The Labute approximate surface area is 167 Å². The summed E-state index contributed by atoms with van der Waals surface area (Å²) in [4.78, 5) is 40.2. The highest BCUT2D eigenvalue weighted by atomic mass is 79.9. The molecule has 1 fully saturated rings. The number of rotatable bonds is 3. The van der Waals surface area contributed by atoms with E-state index in [1.54, 1.807) is 16.6 Å². The Kier molecular flexibility index (Phi) is 3.76. The molecule has 27 heavy (non-hydrogen) atoms. The molecule has 1 aromatic carbocycles. The van der Waals surface area contributed by atoms with Crippen molar-refractivity contribution in [3.05, 3.63) is 45.5 Å². The Morgan fingerprint density at radius 3 is 3.00 bits per heavy atom. The summed E-state index contributed by atoms with van der Waals surface area (Å²) in [6, 6.07) is 5.75. The maximum Gasteiger partial charge on any atom is 0.254 e. The maximum absolute atomic E-state index is 12.9. The molecule has 1 aliphatic carbocycles. The third kappa shape index (κ3) is 2.90. The Hall–Kier alpha value is -2.39. The van der Waals surface area contributed by atoms with Crippen molar-refractivity contribution in [3.63, 3.8) is 0 Å². The standard InChI is InChI=1S/C18H14BrN5O2S/c19-10-1-2-11-12(5-10)18(3-4-18)8-24(16(11)26)7-14(25)22-17-20-6-13-15(23-17)27-9-21-13/h1-2,5-6,9H,3-4,7-8H2,(H,20,22,23,25). The first-order valence-corrected chi connectivity index (χ1v) is 10.2. The van der Waals surface area contributed by atoms with Gasteiger partial charge in [0.1, 0.15) is 16.9 Å². The van der Waals surface area contributed by atoms with Gasteiger partial charge in [-0.3, -0.25) is 14.9 Å². The van der Waals surface area contributed by atoms with Gasteiger partial charge in [-0.25, -0.2) is 9.97 Å². The van der Waals surface area contributed by atoms with Gasteiger partial charge in [-0.15, -0.1) is 11.3 Å². The molecule has 1 aliphatic heterocycles. The molecule has 2 amide bonds. The average Bonchev–Trinajstić information content (AvgIpc) is 3.26. The van der Waals surface area contributed by atoms with E-state index < -0.39 is 0 Å². The minimum Gasteiger partial charge on any atom is -0.328 e. The lowest BCUT2D eigenvalue weighted by Crippen LogP contribution is -2.46. The van der Waals surface area contributed by atoms with E-state index in [-0.39, 0.29) is 29.7 Å². The largest absolute Gasteiger partial charge is 0.328 e. The third-order valence-electron chi connectivity index (χ3n) is 5.10. The number of nitrogens with one attached hydrogen (secondary N) is 1. The van der Waals surface area contributed by atoms with Crippen LogP contribution >= 0.6 is 27.3 Å². The number of carbonyl (C=O) groups is 2. The van der Waals surface area contributed by atoms with Crippen LogP contribution in [0.25, 0.3) is 10.3 Å². The predicted octanol–water partition coefficient (Wildman–Crippen LogP) is 2.97. The Morgan fingerprint density at radius 2 is 2.19 bits per heavy atom. The number of anilines is 1. The molecule has 9 heteroatoms. The second-order valence-electron chi connectivity index (χ2n) is 6.92. The lowest BCUT2D eigenvalue weighted by molar-refractivity contribution is -0.117. The number of hydrogen-bond acceptors (Lipinski definition) is 6. The van der Waals surface area contributed by atoms with E-state index in [2.05, 4.69) is 36.2 Å². The molecule has 0 atom stereocenters. The highest BCUT2D eigenvalue weighted by Gasteiger charge is 2.51. The fourth-order valence-electron chi connectivity index (χ4n) is 3.61. The monoisotopic (exact) mass is 443 g/mol. The zero-order chi connectivity index (χ0) is 18.6. The van der Waals surface area contributed by atoms with Gasteiger partial charge < -0.3 is 4.90 Å². The predicted molar refractivity (Wildman–Crippen MR) is 105 cm³/mol. The molecule has 1 spiro atoms. The van der Waals surface area contributed by atoms with E-state index in [1.165, 1.54) is 11.3 Å². The van der Waals surface area contributed by atoms with Crippen molar-refractivity contribution in [1.82, 2.24) is 19.9 Å². The molecule has 3 heterocycles. The number of benzene rings is 1. The van der Waals surface area contributed by atoms with Crippen LogP contribution in [0.3, 0.4) is 0 Å². The Balaban J connectivity index is 1.35. The fourth-order valence-corrected chi connectivity index (χ4v) is 4.60. The second kappa shape index (κ2) is 6.07. The van der Waals surface area contributed by atoms with E-state index >= 15 is 0 Å². The number of hydrogen-bond donors (Lipinski definition) is 1. The summed E-state index contributed by atoms with van der Waals surface area (Å²) in [6.07, 6.45) is 3.65. The Bertz CT molecular complexity index is 1090. The van der Waals surface area contributed by atoms with Crippen LogP contribution in [0.1, 0.15) is 28.8 Å². The van der Waals surface area contributed by atoms with Crippen LogP contribution in [0.5, 0.6) is 0 Å². The molecule has 7 nitrogen and oxygen atoms in total. The molecule has 1 saturated carbocycles. The van der Waals surface area contributed by atoms with Crippen molar-refractivity contribution >= 4 is 55.4 Å². The summed E-state index contributed by atoms with van der Waals surface area (Å²) in [6.45, 7) is 0.553. The Morgan fingerprint density at radius 1 is 1.33 bits per heavy atom. The van der Waals surface area contributed by atoms with Crippen molar-refractivity contribution in [2.75, 3.05) is 18.4 Å². The van der Waals surface area contributed by atoms with Crippen molar-refractivity contribution < 1.29 is 9.59 Å². The molecule has 5 rings (SSSR count). The number of nitrogens with zero attached hydrogens (tertiary/aromatic N) is 4. The first kappa shape index (κ1) is 16.8. The normalized spacial score (nSPS) is 17.2. The topological polar surface area (TPSA) is 88.1 Å². The van der Waals surface area contributed by atoms with Gasteiger partial charge in [0, 0.05) is 22.0 Å². The number of fused-ring (bicyclic) bond motifs is 3. The van der Waals surface area contributed by atoms with E-state index in [0.717, 1.165) is 22.9 Å². The third-order valence-corrected chi connectivity index (χ3v) is 6.32. The van der Waals surface area contributed by atoms with Crippen LogP contribution in [0, 0.1) is 0 Å². The molecule has 0 saturated heterocycles. The minimum atomic E-state index is -0.302. The zero-order valence-corrected chi connectivity index (χ0v) is 16.5. The van der Waals surface area contributed by atoms with Gasteiger partial charge in [-0.2, -0.15) is 4.98 Å². The van der Waals surface area contributed by atoms with Crippen molar-refractivity contribution in [1.29, 1.82) is 0 Å². The van der Waals surface area contributed by atoms with Crippen LogP contribution in [-0.4, -0.2) is 44.8 Å². The molecule has 1 N–H and O–H groups in total. The second-order valence-corrected chi connectivity index (χ2v) is 8.66. The minimum absolute atomic E-state index is 0.00858. The summed E-state index contributed by atoms with van der Waals surface area (Å²) >= 11 is 4.87. The van der Waals surface area contributed by atoms with E-state index in [0.29, 0.717) is 22.5 Å². The molecule has 3 aromatic rings. The van der Waals surface area contributed by atoms with Gasteiger partial charge in [0.2, 0.25) is 11.9 Å². The number of thiazole rings is 1. The summed E-state index contributed by atoms with van der Waals surface area (Å²) in [7, 11) is 0. The van der Waals surface area contributed by atoms with Crippen LogP contribution < -0.4 is 5.32 Å². The molecule has 136 valence electrons. The van der Waals surface area contributed by atoms with Crippen molar-refractivity contribution in [2.45, 2.75) is 18.3 Å². The van der Waals surface area contributed by atoms with Crippen LogP contribution in [0.2, 0.25) is 0 Å². The first-order chi connectivity index (χ1) is 13.0. The highest BCUT2D eigenvalue weighted by molar-refractivity contribution is 9.10. The highest BCUT2D eigenvalue weighted by Crippen LogP contribution is 2.52. The van der Waals surface area contributed by atoms with E-state index in [9.17, 15) is 9.59 Å². The quantitative estimate of drug-likeness (QED) is 0.671. The molecule has 0 radical (unpaired) electrons. The SMILES string of the molecule is O=C(CN1CC2(CC2)c2cc(Br)ccc2C1=O)Nc1ncc2ncsc2n1. The summed E-state index contributed by atoms with van der Waals surface area (Å²) in [5.74, 6) is -0.181. The smallest absolute Gasteiger partial charge is 0.254 e. The molecular formula is C18H14BrN5O2S. The summed E-state index contributed by atoms with van der Waals surface area (Å²) in [5.41, 5.74) is 4.16. The number of amides is 2. The molecule has 2 aliphatic rings. The number of halogens is 1. The molecule has 0 bridgehead atoms. The van der Waals surface area contributed by atoms with Gasteiger partial charge in [0.25, 0.3) is 5.91 Å². The van der Waals surface area contributed by atoms with Crippen molar-refractivity contribution in [2.24, 2.45) is 0 Å². The first-order valence-electron chi connectivity index (χ1n) is 8.49. The van der Waals surface area contributed by atoms with Gasteiger partial charge in [0.15, 0.2) is 0 Å². The van der Waals surface area contributed by atoms with Crippen LogP contribution in [0.15, 0.2) is 34.4 Å². The molecule has 0 unspecified atom stereocenters. The lowest BCUT2D eigenvalue weighted by Gasteiger charge is -2.34. The fraction of sp³-hybridized carbons (Fsp3) is 0.278. The summed E-state index contributed by atoms with van der Waals surface area (Å²) < 4.78 is 0.974. The zero-order valence-electron chi connectivity index (χ0n) is 14.1. The van der Waals surface area contributed by atoms with Gasteiger partial charge in [-0.1, -0.05) is 15.9 Å². The number of carbonyl (C=O) groups excluding carboxylic acids is 2. The molecule has 2 aromatic heterocycles. The van der Waals surface area contributed by atoms with Crippen LogP contribution in [0.4, 0.5) is 5.95 Å². The van der Waals surface area contributed by atoms with Gasteiger partial charge in [0.05, 0.1) is 11.7 Å². The van der Waals surface area contributed by atoms with Gasteiger partial charge >= 0.3 is 0 Å². The van der Waals surface area contributed by atoms with Crippen LogP contribution in [-0.2, 0) is 10.2 Å². The molecular weight excluding hydrogens is 430 g/mol. The number of aromatic nitrogens is 3. The van der Waals surface area contributed by atoms with E-state index in [1.807, 2.05) is 18.2 Å². The van der Waals surface area contributed by atoms with E-state index in [4.69, 9.17) is 0 Å². The maximum atomic E-state index is 12.9.